The van der Waals surface area contributed by atoms with Crippen molar-refractivity contribution < 1.29 is 13.9 Å². The number of thioether (sulfide) groups is 1. The van der Waals surface area contributed by atoms with E-state index in [1.165, 1.54) is 0 Å². The fourth-order valence-electron chi connectivity index (χ4n) is 1.40. The van der Waals surface area contributed by atoms with E-state index in [-0.39, 0.29) is 6.04 Å². The van der Waals surface area contributed by atoms with Crippen LogP contribution in [0.25, 0.3) is 0 Å². The lowest BCUT2D eigenvalue weighted by Gasteiger charge is -2.15. The van der Waals surface area contributed by atoms with Crippen molar-refractivity contribution in [3.63, 3.8) is 0 Å². The number of benzene rings is 1. The van der Waals surface area contributed by atoms with Crippen LogP contribution in [-0.2, 0) is 0 Å². The minimum absolute atomic E-state index is 0.0928. The second kappa shape index (κ2) is 6.93. The maximum atomic E-state index is 12.1. The molecule has 0 aliphatic heterocycles. The van der Waals surface area contributed by atoms with Crippen LogP contribution in [0, 0.1) is 0 Å². The number of alkyl halides is 2. The van der Waals surface area contributed by atoms with Crippen molar-refractivity contribution in [3.8, 4) is 0 Å². The molecule has 5 heteroatoms. The molecule has 17 heavy (non-hydrogen) atoms. The first-order valence-electron chi connectivity index (χ1n) is 5.45. The number of aliphatic hydroxyl groups is 1. The van der Waals surface area contributed by atoms with Gasteiger partial charge in [0.1, 0.15) is 0 Å². The summed E-state index contributed by atoms with van der Waals surface area (Å²) in [5, 5.41) is 12.3. The number of rotatable bonds is 6. The molecular weight excluding hydrogens is 244 g/mol. The third kappa shape index (κ3) is 5.48. The Balaban J connectivity index is 2.54. The van der Waals surface area contributed by atoms with Gasteiger partial charge in [0.15, 0.2) is 0 Å². The van der Waals surface area contributed by atoms with Crippen LogP contribution in [0.5, 0.6) is 0 Å². The molecule has 0 radical (unpaired) electrons. The Morgan fingerprint density at radius 1 is 1.24 bits per heavy atom. The van der Waals surface area contributed by atoms with Crippen LogP contribution < -0.4 is 5.32 Å². The van der Waals surface area contributed by atoms with E-state index in [0.29, 0.717) is 23.2 Å². The molecule has 0 saturated heterocycles. The third-order valence-electron chi connectivity index (χ3n) is 2.32. The first-order chi connectivity index (χ1) is 7.99. The third-order valence-corrected chi connectivity index (χ3v) is 3.05. The second-order valence-electron chi connectivity index (χ2n) is 3.93. The summed E-state index contributed by atoms with van der Waals surface area (Å²) in [5.74, 6) is -2.38. The molecule has 0 spiro atoms. The van der Waals surface area contributed by atoms with Crippen LogP contribution in [0.1, 0.15) is 25.5 Å². The Kier molecular flexibility index (Phi) is 5.88. The van der Waals surface area contributed by atoms with Gasteiger partial charge in [0.25, 0.3) is 5.76 Å². The molecule has 2 unspecified atom stereocenters. The van der Waals surface area contributed by atoms with Crippen molar-refractivity contribution in [1.29, 1.82) is 0 Å². The van der Waals surface area contributed by atoms with Crippen molar-refractivity contribution in [2.75, 3.05) is 6.54 Å². The predicted octanol–water partition coefficient (Wildman–Crippen LogP) is 3.03. The molecule has 0 aliphatic rings. The van der Waals surface area contributed by atoms with Gasteiger partial charge in [-0.15, -0.1) is 0 Å². The molecule has 2 atom stereocenters. The molecule has 1 aromatic rings. The molecule has 0 saturated carbocycles. The summed E-state index contributed by atoms with van der Waals surface area (Å²) in [7, 11) is 0. The molecule has 2 N–H and O–H groups in total. The van der Waals surface area contributed by atoms with E-state index in [2.05, 4.69) is 5.32 Å². The standard InChI is InChI=1S/C12H17F2NOS/c1-8(16)7-15-9(2)10-3-5-11(6-4-10)17-12(13)14/h3-6,8-9,12,15-16H,7H2,1-2H3. The van der Waals surface area contributed by atoms with E-state index >= 15 is 0 Å². The average Bonchev–Trinajstić information content (AvgIpc) is 2.26. The number of aliphatic hydroxyl groups excluding tert-OH is 1. The topological polar surface area (TPSA) is 32.3 Å². The van der Waals surface area contributed by atoms with Gasteiger partial charge in [-0.3, -0.25) is 0 Å². The summed E-state index contributed by atoms with van der Waals surface area (Å²) in [6, 6.07) is 7.11. The van der Waals surface area contributed by atoms with Gasteiger partial charge in [0.05, 0.1) is 6.10 Å². The van der Waals surface area contributed by atoms with Crippen LogP contribution in [0.15, 0.2) is 29.2 Å². The van der Waals surface area contributed by atoms with Gasteiger partial charge in [-0.25, -0.2) is 0 Å². The van der Waals surface area contributed by atoms with Crippen molar-refractivity contribution in [2.24, 2.45) is 0 Å². The SMILES string of the molecule is CC(O)CNC(C)c1ccc(SC(F)F)cc1. The molecule has 0 heterocycles. The van der Waals surface area contributed by atoms with Crippen LogP contribution >= 0.6 is 11.8 Å². The summed E-state index contributed by atoms with van der Waals surface area (Å²) in [5.41, 5.74) is 1.02. The minimum atomic E-state index is -2.38. The molecule has 0 bridgehead atoms. The lowest BCUT2D eigenvalue weighted by atomic mass is 10.1. The van der Waals surface area contributed by atoms with Gasteiger partial charge < -0.3 is 10.4 Å². The van der Waals surface area contributed by atoms with Gasteiger partial charge in [-0.2, -0.15) is 8.78 Å². The van der Waals surface area contributed by atoms with E-state index in [4.69, 9.17) is 5.11 Å². The Hall–Kier alpha value is -0.650. The first-order valence-corrected chi connectivity index (χ1v) is 6.33. The Labute approximate surface area is 104 Å². The highest BCUT2D eigenvalue weighted by Gasteiger charge is 2.08. The van der Waals surface area contributed by atoms with E-state index in [1.54, 1.807) is 19.1 Å². The highest BCUT2D eigenvalue weighted by Crippen LogP contribution is 2.26. The molecule has 96 valence electrons. The number of hydrogen-bond acceptors (Lipinski definition) is 3. The van der Waals surface area contributed by atoms with Crippen LogP contribution in [0.4, 0.5) is 8.78 Å². The van der Waals surface area contributed by atoms with Crippen molar-refractivity contribution in [1.82, 2.24) is 5.32 Å². The van der Waals surface area contributed by atoms with Gasteiger partial charge in [-0.1, -0.05) is 23.9 Å². The zero-order valence-electron chi connectivity index (χ0n) is 9.86. The number of halogens is 2. The predicted molar refractivity (Wildman–Crippen MR) is 66.4 cm³/mol. The Morgan fingerprint density at radius 2 is 1.82 bits per heavy atom. The fraction of sp³-hybridized carbons (Fsp3) is 0.500. The van der Waals surface area contributed by atoms with E-state index < -0.39 is 11.9 Å². The lowest BCUT2D eigenvalue weighted by molar-refractivity contribution is 0.187. The number of hydrogen-bond donors (Lipinski definition) is 2. The van der Waals surface area contributed by atoms with Crippen molar-refractivity contribution in [2.45, 2.75) is 36.6 Å². The molecule has 0 amide bonds. The van der Waals surface area contributed by atoms with Gasteiger partial charge in [-0.05, 0) is 31.5 Å². The van der Waals surface area contributed by atoms with Gasteiger partial charge >= 0.3 is 0 Å². The molecule has 0 aliphatic carbocycles. The number of nitrogens with one attached hydrogen (secondary N) is 1. The highest BCUT2D eigenvalue weighted by molar-refractivity contribution is 7.99. The summed E-state index contributed by atoms with van der Waals surface area (Å²) < 4.78 is 24.2. The zero-order valence-corrected chi connectivity index (χ0v) is 10.7. The normalized spacial score (nSPS) is 14.9. The minimum Gasteiger partial charge on any atom is -0.392 e. The Bertz CT molecular complexity index is 330. The van der Waals surface area contributed by atoms with Crippen LogP contribution in [-0.4, -0.2) is 23.5 Å². The average molecular weight is 261 g/mol. The molecular formula is C12H17F2NOS. The summed E-state index contributed by atoms with van der Waals surface area (Å²) in [4.78, 5) is 0.562. The van der Waals surface area contributed by atoms with Crippen LogP contribution in [0.2, 0.25) is 0 Å². The molecule has 1 aromatic carbocycles. The Morgan fingerprint density at radius 3 is 2.29 bits per heavy atom. The zero-order chi connectivity index (χ0) is 12.8. The quantitative estimate of drug-likeness (QED) is 0.772. The van der Waals surface area contributed by atoms with Gasteiger partial charge in [0.2, 0.25) is 0 Å². The van der Waals surface area contributed by atoms with E-state index in [1.807, 2.05) is 19.1 Å². The molecule has 0 aromatic heterocycles. The first kappa shape index (κ1) is 14.4. The van der Waals surface area contributed by atoms with Crippen LogP contribution in [0.3, 0.4) is 0 Å². The maximum Gasteiger partial charge on any atom is 0.288 e. The molecule has 0 fully saturated rings. The monoisotopic (exact) mass is 261 g/mol. The summed E-state index contributed by atoms with van der Waals surface area (Å²) >= 11 is 0.543. The van der Waals surface area contributed by atoms with E-state index in [0.717, 1.165) is 5.56 Å². The molecule has 2 nitrogen and oxygen atoms in total. The molecule has 1 rings (SSSR count). The smallest absolute Gasteiger partial charge is 0.288 e. The largest absolute Gasteiger partial charge is 0.392 e. The maximum absolute atomic E-state index is 12.1. The second-order valence-corrected chi connectivity index (χ2v) is 4.99. The fourth-order valence-corrected chi connectivity index (χ4v) is 1.90. The van der Waals surface area contributed by atoms with Gasteiger partial charge in [0, 0.05) is 17.5 Å². The lowest BCUT2D eigenvalue weighted by Crippen LogP contribution is -2.27. The highest BCUT2D eigenvalue weighted by atomic mass is 32.2. The summed E-state index contributed by atoms with van der Waals surface area (Å²) in [6.45, 7) is 4.19. The van der Waals surface area contributed by atoms with Crippen molar-refractivity contribution >= 4 is 11.8 Å². The van der Waals surface area contributed by atoms with Crippen molar-refractivity contribution in [3.05, 3.63) is 29.8 Å². The van der Waals surface area contributed by atoms with E-state index in [9.17, 15) is 8.78 Å². The summed E-state index contributed by atoms with van der Waals surface area (Å²) in [6.07, 6.45) is -0.397.